The van der Waals surface area contributed by atoms with Crippen LogP contribution in [0.3, 0.4) is 0 Å². The van der Waals surface area contributed by atoms with Crippen LogP contribution in [0, 0.1) is 5.92 Å². The van der Waals surface area contributed by atoms with Crippen molar-refractivity contribution >= 4 is 5.91 Å². The molecule has 0 aromatic rings. The molecule has 3 N–H and O–H groups in total. The Bertz CT molecular complexity index is 303. The summed E-state index contributed by atoms with van der Waals surface area (Å²) in [4.78, 5) is 12.1. The fourth-order valence-corrected chi connectivity index (χ4v) is 2.87. The van der Waals surface area contributed by atoms with Gasteiger partial charge >= 0.3 is 0 Å². The molecule has 0 aromatic heterocycles. The maximum Gasteiger partial charge on any atom is 0.237 e. The number of aliphatic hydroxyl groups is 1. The monoisotopic (exact) mass is 270 g/mol. The van der Waals surface area contributed by atoms with Crippen molar-refractivity contribution in [1.82, 2.24) is 10.6 Å². The van der Waals surface area contributed by atoms with E-state index in [1.54, 1.807) is 0 Å². The van der Waals surface area contributed by atoms with Crippen LogP contribution in [0.5, 0.6) is 0 Å². The van der Waals surface area contributed by atoms with Gasteiger partial charge in [0.2, 0.25) is 5.91 Å². The molecule has 5 nitrogen and oxygen atoms in total. The smallest absolute Gasteiger partial charge is 0.237 e. The van der Waals surface area contributed by atoms with Gasteiger partial charge < -0.3 is 20.5 Å². The molecular weight excluding hydrogens is 244 g/mol. The number of rotatable bonds is 4. The van der Waals surface area contributed by atoms with E-state index < -0.39 is 5.60 Å². The maximum absolute atomic E-state index is 12.1. The molecule has 0 aromatic carbocycles. The van der Waals surface area contributed by atoms with Gasteiger partial charge in [0.05, 0.1) is 11.6 Å². The van der Waals surface area contributed by atoms with Gasteiger partial charge in [-0.05, 0) is 25.3 Å². The Hall–Kier alpha value is -0.650. The molecule has 110 valence electrons. The first-order chi connectivity index (χ1) is 9.13. The van der Waals surface area contributed by atoms with Crippen LogP contribution < -0.4 is 10.6 Å². The van der Waals surface area contributed by atoms with Gasteiger partial charge in [0.1, 0.15) is 0 Å². The van der Waals surface area contributed by atoms with E-state index in [1.165, 1.54) is 0 Å². The van der Waals surface area contributed by atoms with Gasteiger partial charge in [0, 0.05) is 32.6 Å². The molecule has 2 aliphatic rings. The molecule has 1 amide bonds. The third-order valence-electron chi connectivity index (χ3n) is 4.42. The van der Waals surface area contributed by atoms with Gasteiger partial charge in [0.15, 0.2) is 0 Å². The first-order valence-corrected chi connectivity index (χ1v) is 7.44. The molecule has 2 atom stereocenters. The van der Waals surface area contributed by atoms with Crippen molar-refractivity contribution in [2.45, 2.75) is 50.7 Å². The lowest BCUT2D eigenvalue weighted by molar-refractivity contribution is -0.126. The average molecular weight is 270 g/mol. The molecular formula is C14H26N2O3. The van der Waals surface area contributed by atoms with E-state index in [4.69, 9.17) is 4.74 Å². The molecule has 0 aliphatic carbocycles. The van der Waals surface area contributed by atoms with Crippen LogP contribution in [0.4, 0.5) is 0 Å². The van der Waals surface area contributed by atoms with E-state index in [1.807, 2.05) is 0 Å². The Morgan fingerprint density at radius 2 is 2.21 bits per heavy atom. The zero-order chi connectivity index (χ0) is 13.7. The molecule has 0 bridgehead atoms. The number of amides is 1. The highest BCUT2D eigenvalue weighted by molar-refractivity contribution is 5.81. The van der Waals surface area contributed by atoms with Gasteiger partial charge in [-0.3, -0.25) is 4.79 Å². The molecule has 2 aliphatic heterocycles. The molecule has 2 unspecified atom stereocenters. The van der Waals surface area contributed by atoms with Gasteiger partial charge in [-0.1, -0.05) is 13.3 Å². The summed E-state index contributed by atoms with van der Waals surface area (Å²) in [5.41, 5.74) is -0.785. The van der Waals surface area contributed by atoms with Crippen LogP contribution >= 0.6 is 0 Å². The summed E-state index contributed by atoms with van der Waals surface area (Å²) >= 11 is 0. The molecule has 0 radical (unpaired) electrons. The Balaban J connectivity index is 1.77. The normalized spacial score (nSPS) is 30.8. The Kier molecular flexibility index (Phi) is 5.19. The fraction of sp³-hybridized carbons (Fsp3) is 0.929. The summed E-state index contributed by atoms with van der Waals surface area (Å²) in [5.74, 6) is 0.668. The van der Waals surface area contributed by atoms with Crippen molar-refractivity contribution in [3.05, 3.63) is 0 Å². The van der Waals surface area contributed by atoms with Crippen molar-refractivity contribution < 1.29 is 14.6 Å². The van der Waals surface area contributed by atoms with E-state index in [0.717, 1.165) is 25.8 Å². The summed E-state index contributed by atoms with van der Waals surface area (Å²) in [7, 11) is 0. The van der Waals surface area contributed by atoms with E-state index in [0.29, 0.717) is 38.5 Å². The maximum atomic E-state index is 12.1. The topological polar surface area (TPSA) is 70.6 Å². The third-order valence-corrected chi connectivity index (χ3v) is 4.42. The van der Waals surface area contributed by atoms with Crippen LogP contribution in [0.1, 0.15) is 39.0 Å². The SMILES string of the molecule is CCC1CCNC(C(=O)NCC2(O)CCOCC2)C1. The second-order valence-electron chi connectivity index (χ2n) is 5.86. The molecule has 2 heterocycles. The van der Waals surface area contributed by atoms with Crippen LogP contribution in [-0.2, 0) is 9.53 Å². The largest absolute Gasteiger partial charge is 0.388 e. The highest BCUT2D eigenvalue weighted by Crippen LogP contribution is 2.21. The Labute approximate surface area is 115 Å². The minimum absolute atomic E-state index is 0.0260. The van der Waals surface area contributed by atoms with Crippen molar-refractivity contribution in [2.75, 3.05) is 26.3 Å². The highest BCUT2D eigenvalue weighted by atomic mass is 16.5. The number of ether oxygens (including phenoxy) is 1. The Morgan fingerprint density at radius 1 is 1.47 bits per heavy atom. The van der Waals surface area contributed by atoms with Crippen LogP contribution in [0.25, 0.3) is 0 Å². The number of nitrogens with one attached hydrogen (secondary N) is 2. The van der Waals surface area contributed by atoms with Gasteiger partial charge in [-0.25, -0.2) is 0 Å². The van der Waals surface area contributed by atoms with Gasteiger partial charge in [-0.2, -0.15) is 0 Å². The number of hydrogen-bond acceptors (Lipinski definition) is 4. The molecule has 0 spiro atoms. The van der Waals surface area contributed by atoms with E-state index in [-0.39, 0.29) is 11.9 Å². The zero-order valence-corrected chi connectivity index (χ0v) is 11.8. The summed E-state index contributed by atoms with van der Waals surface area (Å²) in [6, 6.07) is -0.0952. The van der Waals surface area contributed by atoms with Crippen molar-refractivity contribution in [2.24, 2.45) is 5.92 Å². The molecule has 5 heteroatoms. The second kappa shape index (κ2) is 6.68. The van der Waals surface area contributed by atoms with E-state index >= 15 is 0 Å². The average Bonchev–Trinajstić information content (AvgIpc) is 2.46. The lowest BCUT2D eigenvalue weighted by atomic mass is 9.89. The minimum Gasteiger partial charge on any atom is -0.388 e. The molecule has 2 saturated heterocycles. The van der Waals surface area contributed by atoms with Crippen molar-refractivity contribution in [3.8, 4) is 0 Å². The quantitative estimate of drug-likeness (QED) is 0.692. The first kappa shape index (κ1) is 14.8. The first-order valence-electron chi connectivity index (χ1n) is 7.44. The number of carbonyl (C=O) groups is 1. The van der Waals surface area contributed by atoms with Crippen LogP contribution in [0.2, 0.25) is 0 Å². The fourth-order valence-electron chi connectivity index (χ4n) is 2.87. The van der Waals surface area contributed by atoms with Crippen LogP contribution in [0.15, 0.2) is 0 Å². The highest BCUT2D eigenvalue weighted by Gasteiger charge is 2.32. The predicted octanol–water partition coefficient (Wildman–Crippen LogP) is 0.422. The number of piperidine rings is 1. The second-order valence-corrected chi connectivity index (χ2v) is 5.86. The van der Waals surface area contributed by atoms with Crippen molar-refractivity contribution in [3.63, 3.8) is 0 Å². The standard InChI is InChI=1S/C14H26N2O3/c1-2-11-3-6-15-12(9-11)13(17)16-10-14(18)4-7-19-8-5-14/h11-12,15,18H,2-10H2,1H3,(H,16,17). The third kappa shape index (κ3) is 4.16. The summed E-state index contributed by atoms with van der Waals surface area (Å²) in [6.45, 7) is 4.58. The predicted molar refractivity (Wildman–Crippen MR) is 72.8 cm³/mol. The zero-order valence-electron chi connectivity index (χ0n) is 11.8. The Morgan fingerprint density at radius 3 is 2.89 bits per heavy atom. The van der Waals surface area contributed by atoms with Gasteiger partial charge in [0.25, 0.3) is 0 Å². The lowest BCUT2D eigenvalue weighted by Crippen LogP contribution is -2.53. The number of hydrogen-bond donors (Lipinski definition) is 3. The molecule has 2 fully saturated rings. The lowest BCUT2D eigenvalue weighted by Gasteiger charge is -2.34. The molecule has 19 heavy (non-hydrogen) atoms. The minimum atomic E-state index is -0.785. The van der Waals surface area contributed by atoms with Gasteiger partial charge in [-0.15, -0.1) is 0 Å². The van der Waals surface area contributed by atoms with E-state index in [2.05, 4.69) is 17.6 Å². The number of carbonyl (C=O) groups excluding carboxylic acids is 1. The summed E-state index contributed by atoms with van der Waals surface area (Å²) in [6.07, 6.45) is 4.39. The summed E-state index contributed by atoms with van der Waals surface area (Å²) < 4.78 is 5.23. The van der Waals surface area contributed by atoms with Crippen molar-refractivity contribution in [1.29, 1.82) is 0 Å². The van der Waals surface area contributed by atoms with E-state index in [9.17, 15) is 9.90 Å². The molecule has 0 saturated carbocycles. The summed E-state index contributed by atoms with van der Waals surface area (Å²) in [5, 5.41) is 16.5. The molecule has 2 rings (SSSR count). The van der Waals surface area contributed by atoms with Crippen LogP contribution in [-0.4, -0.2) is 49.0 Å².